The van der Waals surface area contributed by atoms with Crippen LogP contribution in [0.25, 0.3) is 11.1 Å². The fourth-order valence-corrected chi connectivity index (χ4v) is 5.47. The molecule has 0 aromatic heterocycles. The van der Waals surface area contributed by atoms with Crippen molar-refractivity contribution in [1.29, 1.82) is 0 Å². The maximum Gasteiger partial charge on any atom is 0.305 e. The van der Waals surface area contributed by atoms with Crippen LogP contribution < -0.4 is 16.0 Å². The van der Waals surface area contributed by atoms with Gasteiger partial charge < -0.3 is 21.1 Å². The van der Waals surface area contributed by atoms with Gasteiger partial charge in [-0.3, -0.25) is 14.4 Å². The van der Waals surface area contributed by atoms with Crippen LogP contribution in [0, 0.1) is 20.8 Å². The topological polar surface area (TPSA) is 108 Å². The lowest BCUT2D eigenvalue weighted by Crippen LogP contribution is -2.36. The number of carbonyl (C=O) groups is 3. The van der Waals surface area contributed by atoms with Gasteiger partial charge in [0, 0.05) is 29.9 Å². The Balaban J connectivity index is 1.54. The quantitative estimate of drug-likeness (QED) is 0.142. The smallest absolute Gasteiger partial charge is 0.305 e. The first-order valence-electron chi connectivity index (χ1n) is 15.3. The third-order valence-corrected chi connectivity index (χ3v) is 7.81. The van der Waals surface area contributed by atoms with Crippen LogP contribution in [0.3, 0.4) is 0 Å². The highest BCUT2D eigenvalue weighted by Crippen LogP contribution is 2.29. The van der Waals surface area contributed by atoms with E-state index in [1.165, 1.54) is 27.8 Å². The van der Waals surface area contributed by atoms with Gasteiger partial charge in [-0.25, -0.2) is 0 Å². The van der Waals surface area contributed by atoms with E-state index in [0.717, 1.165) is 11.1 Å². The minimum absolute atomic E-state index is 0.00771. The van der Waals surface area contributed by atoms with Gasteiger partial charge in [0.25, 0.3) is 5.91 Å². The van der Waals surface area contributed by atoms with Gasteiger partial charge in [-0.1, -0.05) is 74.9 Å². The highest BCUT2D eigenvalue weighted by molar-refractivity contribution is 5.97. The van der Waals surface area contributed by atoms with Crippen molar-refractivity contribution in [2.45, 2.75) is 65.8 Å². The lowest BCUT2D eigenvalue weighted by atomic mass is 9.87. The number of amides is 2. The summed E-state index contributed by atoms with van der Waals surface area (Å²) in [4.78, 5) is 36.8. The molecule has 4 N–H and O–H groups in total. The molecule has 7 heteroatoms. The molecule has 0 radical (unpaired) electrons. The second-order valence-corrected chi connectivity index (χ2v) is 12.7. The van der Waals surface area contributed by atoms with E-state index in [9.17, 15) is 14.4 Å². The molecule has 4 aromatic rings. The molecule has 2 amide bonds. The molecule has 0 aliphatic carbocycles. The van der Waals surface area contributed by atoms with Crippen molar-refractivity contribution in [2.24, 2.45) is 0 Å². The molecule has 0 heterocycles. The van der Waals surface area contributed by atoms with Crippen molar-refractivity contribution in [3.63, 3.8) is 0 Å². The fourth-order valence-electron chi connectivity index (χ4n) is 5.47. The van der Waals surface area contributed by atoms with Crippen molar-refractivity contribution >= 4 is 29.2 Å². The minimum Gasteiger partial charge on any atom is -0.481 e. The number of anilines is 2. The SMILES string of the molecule is Cc1cc(C)c(-c2ccc(C[C@H](Nc3ccc(C(=O)NCCC(=O)O)cc3)C(=O)Nc3ccc(C(C)(C)C)cc3)cc2)c(C)c1. The lowest BCUT2D eigenvalue weighted by molar-refractivity contribution is -0.136. The van der Waals surface area contributed by atoms with E-state index < -0.39 is 12.0 Å². The number of aryl methyl sites for hydroxylation is 3. The predicted octanol–water partition coefficient (Wildman–Crippen LogP) is 7.44. The molecule has 0 aliphatic heterocycles. The second-order valence-electron chi connectivity index (χ2n) is 12.7. The number of hydrogen-bond acceptors (Lipinski definition) is 4. The lowest BCUT2D eigenvalue weighted by Gasteiger charge is -2.22. The van der Waals surface area contributed by atoms with E-state index in [4.69, 9.17) is 5.11 Å². The second kappa shape index (κ2) is 14.2. The standard InChI is InChI=1S/C38H43N3O4/c1-24-21-25(2)35(26(3)22-24)28-9-7-27(8-10-28)23-33(37(45)41-32-17-13-30(14-18-32)38(4,5)6)40-31-15-11-29(12-16-31)36(44)39-20-19-34(42)43/h7-18,21-22,33,40H,19-20,23H2,1-6H3,(H,39,44)(H,41,45)(H,42,43)/t33-/m0/s1. The highest BCUT2D eigenvalue weighted by atomic mass is 16.4. The average Bonchev–Trinajstić information content (AvgIpc) is 2.97. The normalized spacial score (nSPS) is 11.9. The first kappa shape index (κ1) is 33.0. The maximum atomic E-state index is 13.7. The summed E-state index contributed by atoms with van der Waals surface area (Å²) in [5, 5.41) is 17.8. The molecule has 1 atom stereocenters. The van der Waals surface area contributed by atoms with Crippen LogP contribution in [0.5, 0.6) is 0 Å². The third kappa shape index (κ3) is 9.05. The predicted molar refractivity (Wildman–Crippen MR) is 182 cm³/mol. The van der Waals surface area contributed by atoms with Gasteiger partial charge >= 0.3 is 5.97 Å². The number of rotatable bonds is 11. The summed E-state index contributed by atoms with van der Waals surface area (Å²) in [6, 6.07) is 26.9. The molecular weight excluding hydrogens is 562 g/mol. The summed E-state index contributed by atoms with van der Waals surface area (Å²) < 4.78 is 0. The molecule has 7 nitrogen and oxygen atoms in total. The average molecular weight is 606 g/mol. The van der Waals surface area contributed by atoms with Crippen molar-refractivity contribution in [2.75, 3.05) is 17.2 Å². The Kier molecular flexibility index (Phi) is 10.4. The number of aliphatic carboxylic acids is 1. The van der Waals surface area contributed by atoms with Crippen molar-refractivity contribution < 1.29 is 19.5 Å². The summed E-state index contributed by atoms with van der Waals surface area (Å²) in [6.45, 7) is 12.9. The zero-order valence-corrected chi connectivity index (χ0v) is 27.0. The van der Waals surface area contributed by atoms with E-state index in [1.54, 1.807) is 24.3 Å². The Morgan fingerprint density at radius 1 is 0.778 bits per heavy atom. The molecule has 0 saturated carbocycles. The Bertz CT molecular complexity index is 1630. The maximum absolute atomic E-state index is 13.7. The van der Waals surface area contributed by atoms with Crippen molar-refractivity contribution in [3.8, 4) is 11.1 Å². The molecule has 0 spiro atoms. The van der Waals surface area contributed by atoms with Crippen LogP contribution in [0.1, 0.15) is 65.4 Å². The number of carboxylic acids is 1. The number of carbonyl (C=O) groups excluding carboxylic acids is 2. The molecule has 234 valence electrons. The van der Waals surface area contributed by atoms with E-state index in [2.05, 4.69) is 93.9 Å². The fraction of sp³-hybridized carbons (Fsp3) is 0.289. The third-order valence-electron chi connectivity index (χ3n) is 7.81. The van der Waals surface area contributed by atoms with Gasteiger partial charge in [-0.05, 0) is 96.0 Å². The molecule has 4 aromatic carbocycles. The highest BCUT2D eigenvalue weighted by Gasteiger charge is 2.21. The van der Waals surface area contributed by atoms with Crippen molar-refractivity contribution in [1.82, 2.24) is 5.32 Å². The molecule has 4 rings (SSSR count). The summed E-state index contributed by atoms with van der Waals surface area (Å²) in [5.74, 6) is -1.50. The molecule has 0 fully saturated rings. The summed E-state index contributed by atoms with van der Waals surface area (Å²) in [7, 11) is 0. The van der Waals surface area contributed by atoms with Crippen LogP contribution in [0.2, 0.25) is 0 Å². The largest absolute Gasteiger partial charge is 0.481 e. The molecule has 0 aliphatic rings. The molecule has 0 bridgehead atoms. The summed E-state index contributed by atoms with van der Waals surface area (Å²) in [5.41, 5.74) is 10.1. The molecule has 0 saturated heterocycles. The van der Waals surface area contributed by atoms with Crippen LogP contribution in [0.15, 0.2) is 84.9 Å². The molecule has 0 unspecified atom stereocenters. The van der Waals surface area contributed by atoms with Gasteiger partial charge in [0.05, 0.1) is 6.42 Å². The van der Waals surface area contributed by atoms with Gasteiger partial charge in [0.2, 0.25) is 5.91 Å². The Morgan fingerprint density at radius 2 is 1.36 bits per heavy atom. The summed E-state index contributed by atoms with van der Waals surface area (Å²) >= 11 is 0. The van der Waals surface area contributed by atoms with Gasteiger partial charge in [0.15, 0.2) is 0 Å². The Labute approximate surface area is 266 Å². The number of nitrogens with one attached hydrogen (secondary N) is 3. The van der Waals surface area contributed by atoms with Crippen LogP contribution >= 0.6 is 0 Å². The van der Waals surface area contributed by atoms with Gasteiger partial charge in [-0.15, -0.1) is 0 Å². The van der Waals surface area contributed by atoms with E-state index in [0.29, 0.717) is 23.4 Å². The van der Waals surface area contributed by atoms with Gasteiger partial charge in [-0.2, -0.15) is 0 Å². The van der Waals surface area contributed by atoms with E-state index >= 15 is 0 Å². The van der Waals surface area contributed by atoms with Gasteiger partial charge in [0.1, 0.15) is 6.04 Å². The zero-order chi connectivity index (χ0) is 32.7. The minimum atomic E-state index is -0.973. The number of benzene rings is 4. The van der Waals surface area contributed by atoms with Crippen LogP contribution in [0.4, 0.5) is 11.4 Å². The zero-order valence-electron chi connectivity index (χ0n) is 27.0. The number of carboxylic acid groups (broad SMARTS) is 1. The summed E-state index contributed by atoms with van der Waals surface area (Å²) in [6.07, 6.45) is 0.293. The first-order chi connectivity index (χ1) is 21.3. The van der Waals surface area contributed by atoms with E-state index in [1.807, 2.05) is 24.3 Å². The molecule has 45 heavy (non-hydrogen) atoms. The Hall–Kier alpha value is -4.91. The molecular formula is C38H43N3O4. The Morgan fingerprint density at radius 3 is 1.91 bits per heavy atom. The van der Waals surface area contributed by atoms with Crippen LogP contribution in [-0.4, -0.2) is 35.5 Å². The van der Waals surface area contributed by atoms with Crippen molar-refractivity contribution in [3.05, 3.63) is 118 Å². The first-order valence-corrected chi connectivity index (χ1v) is 15.3. The van der Waals surface area contributed by atoms with E-state index in [-0.39, 0.29) is 30.2 Å². The monoisotopic (exact) mass is 605 g/mol. The van der Waals surface area contributed by atoms with Crippen LogP contribution in [-0.2, 0) is 21.4 Å². The number of hydrogen-bond donors (Lipinski definition) is 4.